The van der Waals surface area contributed by atoms with E-state index < -0.39 is 10.0 Å². The third-order valence-electron chi connectivity index (χ3n) is 4.02. The summed E-state index contributed by atoms with van der Waals surface area (Å²) in [6.45, 7) is 2.10. The van der Waals surface area contributed by atoms with Crippen LogP contribution in [0.15, 0.2) is 17.3 Å². The first-order chi connectivity index (χ1) is 10.0. The van der Waals surface area contributed by atoms with E-state index in [-0.39, 0.29) is 9.64 Å². The Morgan fingerprint density at radius 2 is 2.24 bits per heavy atom. The number of nitrogens with one attached hydrogen (secondary N) is 2. The highest BCUT2D eigenvalue weighted by molar-refractivity contribution is 8.00. The zero-order chi connectivity index (χ0) is 15.3. The van der Waals surface area contributed by atoms with Crippen LogP contribution in [0.2, 0.25) is 0 Å². The SMILES string of the molecule is CNCCCn1cc(S(=O)(=O)NCC2(SC)CCC2)cn1. The summed E-state index contributed by atoms with van der Waals surface area (Å²) in [5, 5.41) is 7.17. The molecule has 0 spiro atoms. The van der Waals surface area contributed by atoms with E-state index in [0.29, 0.717) is 13.1 Å². The molecule has 1 aliphatic carbocycles. The van der Waals surface area contributed by atoms with Crippen LogP contribution in [-0.4, -0.2) is 49.3 Å². The van der Waals surface area contributed by atoms with Gasteiger partial charge in [0.2, 0.25) is 10.0 Å². The molecule has 1 aliphatic rings. The molecule has 0 aliphatic heterocycles. The summed E-state index contributed by atoms with van der Waals surface area (Å²) in [6.07, 6.45) is 9.35. The maximum Gasteiger partial charge on any atom is 0.243 e. The first kappa shape index (κ1) is 16.8. The molecule has 2 rings (SSSR count). The van der Waals surface area contributed by atoms with Gasteiger partial charge in [-0.3, -0.25) is 4.68 Å². The molecule has 6 nitrogen and oxygen atoms in total. The lowest BCUT2D eigenvalue weighted by molar-refractivity contribution is 0.362. The minimum Gasteiger partial charge on any atom is -0.320 e. The van der Waals surface area contributed by atoms with Crippen LogP contribution in [0, 0.1) is 0 Å². The van der Waals surface area contributed by atoms with Crippen LogP contribution >= 0.6 is 11.8 Å². The fraction of sp³-hybridized carbons (Fsp3) is 0.769. The molecule has 0 radical (unpaired) electrons. The maximum absolute atomic E-state index is 12.3. The van der Waals surface area contributed by atoms with Crippen LogP contribution in [0.3, 0.4) is 0 Å². The van der Waals surface area contributed by atoms with Crippen LogP contribution < -0.4 is 10.0 Å². The lowest BCUT2D eigenvalue weighted by atomic mass is 9.84. The Balaban J connectivity index is 1.93. The van der Waals surface area contributed by atoms with Gasteiger partial charge >= 0.3 is 0 Å². The number of hydrogen-bond donors (Lipinski definition) is 2. The van der Waals surface area contributed by atoms with Crippen molar-refractivity contribution < 1.29 is 8.42 Å². The molecular formula is C13H24N4O2S2. The van der Waals surface area contributed by atoms with E-state index in [1.54, 1.807) is 22.6 Å². The van der Waals surface area contributed by atoms with E-state index in [2.05, 4.69) is 15.1 Å². The van der Waals surface area contributed by atoms with E-state index in [9.17, 15) is 8.42 Å². The van der Waals surface area contributed by atoms with Crippen LogP contribution in [0.25, 0.3) is 0 Å². The zero-order valence-corrected chi connectivity index (χ0v) is 14.3. The number of nitrogens with zero attached hydrogens (tertiary/aromatic N) is 2. The zero-order valence-electron chi connectivity index (χ0n) is 12.6. The van der Waals surface area contributed by atoms with Gasteiger partial charge in [-0.1, -0.05) is 6.42 Å². The predicted molar refractivity (Wildman–Crippen MR) is 86.1 cm³/mol. The number of aromatic nitrogens is 2. The topological polar surface area (TPSA) is 76.0 Å². The summed E-state index contributed by atoms with van der Waals surface area (Å²) < 4.78 is 29.1. The van der Waals surface area contributed by atoms with Gasteiger partial charge in [0.1, 0.15) is 4.90 Å². The quantitative estimate of drug-likeness (QED) is 0.661. The molecule has 1 aromatic heterocycles. The fourth-order valence-electron chi connectivity index (χ4n) is 2.36. The number of hydrogen-bond acceptors (Lipinski definition) is 5. The molecule has 1 fully saturated rings. The van der Waals surface area contributed by atoms with Crippen molar-refractivity contribution in [3.05, 3.63) is 12.4 Å². The summed E-state index contributed by atoms with van der Waals surface area (Å²) in [7, 11) is -1.56. The van der Waals surface area contributed by atoms with Gasteiger partial charge < -0.3 is 5.32 Å². The largest absolute Gasteiger partial charge is 0.320 e. The normalized spacial score (nSPS) is 17.6. The molecule has 0 unspecified atom stereocenters. The second kappa shape index (κ2) is 7.13. The molecule has 120 valence electrons. The molecular weight excluding hydrogens is 308 g/mol. The Labute approximate surface area is 131 Å². The monoisotopic (exact) mass is 332 g/mol. The van der Waals surface area contributed by atoms with Crippen LogP contribution in [0.1, 0.15) is 25.7 Å². The maximum atomic E-state index is 12.3. The second-order valence-corrected chi connectivity index (χ2v) is 8.50. The van der Waals surface area contributed by atoms with Crippen LogP contribution in [0.5, 0.6) is 0 Å². The van der Waals surface area contributed by atoms with Gasteiger partial charge in [-0.25, -0.2) is 13.1 Å². The Kier molecular flexibility index (Phi) is 5.70. The van der Waals surface area contributed by atoms with Crippen molar-refractivity contribution in [3.8, 4) is 0 Å². The van der Waals surface area contributed by atoms with Crippen molar-refractivity contribution >= 4 is 21.8 Å². The molecule has 0 saturated heterocycles. The van der Waals surface area contributed by atoms with Gasteiger partial charge in [-0.15, -0.1) is 0 Å². The minimum atomic E-state index is -3.45. The van der Waals surface area contributed by atoms with Gasteiger partial charge in [-0.2, -0.15) is 16.9 Å². The van der Waals surface area contributed by atoms with Gasteiger partial charge in [0.05, 0.1) is 6.20 Å². The minimum absolute atomic E-state index is 0.0931. The first-order valence-electron chi connectivity index (χ1n) is 7.23. The second-order valence-electron chi connectivity index (χ2n) is 5.46. The van der Waals surface area contributed by atoms with Gasteiger partial charge in [-0.05, 0) is 39.1 Å². The Hall–Kier alpha value is -0.570. The van der Waals surface area contributed by atoms with E-state index in [1.807, 2.05) is 13.3 Å². The van der Waals surface area contributed by atoms with E-state index in [4.69, 9.17) is 0 Å². The average molecular weight is 332 g/mol. The molecule has 8 heteroatoms. The highest BCUT2D eigenvalue weighted by atomic mass is 32.2. The summed E-state index contributed by atoms with van der Waals surface area (Å²) in [6, 6.07) is 0. The Bertz CT molecular complexity index is 547. The van der Waals surface area contributed by atoms with E-state index in [1.165, 1.54) is 12.6 Å². The number of rotatable bonds is 9. The molecule has 21 heavy (non-hydrogen) atoms. The number of thioether (sulfide) groups is 1. The molecule has 2 N–H and O–H groups in total. The Morgan fingerprint density at radius 1 is 1.48 bits per heavy atom. The summed E-state index contributed by atoms with van der Waals surface area (Å²) in [4.78, 5) is 0.252. The van der Waals surface area contributed by atoms with Gasteiger partial charge in [0.15, 0.2) is 0 Å². The molecule has 1 heterocycles. The van der Waals surface area contributed by atoms with Crippen molar-refractivity contribution in [2.45, 2.75) is 41.9 Å². The van der Waals surface area contributed by atoms with Crippen molar-refractivity contribution in [2.75, 3.05) is 26.4 Å². The van der Waals surface area contributed by atoms with Crippen molar-refractivity contribution in [2.24, 2.45) is 0 Å². The van der Waals surface area contributed by atoms with Gasteiger partial charge in [0, 0.05) is 24.0 Å². The summed E-state index contributed by atoms with van der Waals surface area (Å²) >= 11 is 1.76. The third kappa shape index (κ3) is 4.21. The van der Waals surface area contributed by atoms with Crippen LogP contribution in [0.4, 0.5) is 0 Å². The first-order valence-corrected chi connectivity index (χ1v) is 9.94. The number of sulfonamides is 1. The molecule has 0 atom stereocenters. The van der Waals surface area contributed by atoms with Crippen molar-refractivity contribution in [1.82, 2.24) is 19.8 Å². The van der Waals surface area contributed by atoms with E-state index >= 15 is 0 Å². The van der Waals surface area contributed by atoms with E-state index in [0.717, 1.165) is 25.8 Å². The molecule has 0 amide bonds. The molecule has 0 aromatic carbocycles. The Morgan fingerprint density at radius 3 is 2.81 bits per heavy atom. The predicted octanol–water partition coefficient (Wildman–Crippen LogP) is 1.06. The van der Waals surface area contributed by atoms with Gasteiger partial charge in [0.25, 0.3) is 0 Å². The molecule has 0 bridgehead atoms. The standard InChI is InChI=1S/C13H24N4O2S2/c1-14-7-4-8-17-10-12(9-15-17)21(18,19)16-11-13(20-2)5-3-6-13/h9-10,14,16H,3-8,11H2,1-2H3. The number of aryl methyl sites for hydroxylation is 1. The summed E-state index contributed by atoms with van der Waals surface area (Å²) in [5.74, 6) is 0. The molecule has 1 aromatic rings. The smallest absolute Gasteiger partial charge is 0.243 e. The van der Waals surface area contributed by atoms with Crippen molar-refractivity contribution in [1.29, 1.82) is 0 Å². The summed E-state index contributed by atoms with van der Waals surface area (Å²) in [5.41, 5.74) is 0. The molecule has 1 saturated carbocycles. The fourth-order valence-corrected chi connectivity index (χ4v) is 4.44. The van der Waals surface area contributed by atoms with Crippen molar-refractivity contribution in [3.63, 3.8) is 0 Å². The highest BCUT2D eigenvalue weighted by Crippen LogP contribution is 2.42. The van der Waals surface area contributed by atoms with Crippen LogP contribution in [-0.2, 0) is 16.6 Å². The third-order valence-corrected chi connectivity index (χ3v) is 6.79. The lowest BCUT2D eigenvalue weighted by Gasteiger charge is -2.40. The average Bonchev–Trinajstić information content (AvgIpc) is 2.88. The highest BCUT2D eigenvalue weighted by Gasteiger charge is 2.37. The lowest BCUT2D eigenvalue weighted by Crippen LogP contribution is -2.45.